The summed E-state index contributed by atoms with van der Waals surface area (Å²) in [6, 6.07) is 18.9. The molecule has 10 heteroatoms. The predicted octanol–water partition coefficient (Wildman–Crippen LogP) is 5.82. The van der Waals surface area contributed by atoms with Crippen LogP contribution in [0.15, 0.2) is 71.8 Å². The zero-order chi connectivity index (χ0) is 24.9. The second-order valence-electron chi connectivity index (χ2n) is 7.29. The number of thiophene rings is 1. The van der Waals surface area contributed by atoms with E-state index in [1.807, 2.05) is 31.2 Å². The van der Waals surface area contributed by atoms with E-state index in [0.29, 0.717) is 21.3 Å². The van der Waals surface area contributed by atoms with Crippen LogP contribution in [0.4, 0.5) is 5.69 Å². The Morgan fingerprint density at radius 1 is 0.971 bits per heavy atom. The van der Waals surface area contributed by atoms with Crippen molar-refractivity contribution >= 4 is 74.3 Å². The summed E-state index contributed by atoms with van der Waals surface area (Å²) in [4.78, 5) is 37.2. The molecule has 2 N–H and O–H groups in total. The Bertz CT molecular complexity index is 1480. The Hall–Kier alpha value is -3.72. The standard InChI is InChI=1S/C25H17Cl2N3O4S/c1-14-10-11-16(12-18(14)26)29-23(31)24(32)30-28-13-15-6-2-4-8-19(15)34-25(33)22-21(27)17-7-3-5-9-20(17)35-22/h2-13H,1H3,(H,29,31)(H,30,32)/b28-13-. The van der Waals surface area contributed by atoms with E-state index in [0.717, 1.165) is 15.6 Å². The second-order valence-corrected chi connectivity index (χ2v) is 9.12. The van der Waals surface area contributed by atoms with E-state index in [2.05, 4.69) is 15.8 Å². The number of ether oxygens (including phenoxy) is 1. The topological polar surface area (TPSA) is 96.9 Å². The van der Waals surface area contributed by atoms with E-state index in [9.17, 15) is 14.4 Å². The molecule has 176 valence electrons. The molecule has 0 unspecified atom stereocenters. The molecule has 0 aliphatic heterocycles. The highest BCUT2D eigenvalue weighted by Crippen LogP contribution is 2.36. The number of aryl methyl sites for hydroxylation is 1. The molecule has 0 fully saturated rings. The minimum atomic E-state index is -0.982. The van der Waals surface area contributed by atoms with Crippen molar-refractivity contribution in [2.75, 3.05) is 5.32 Å². The third kappa shape index (κ3) is 5.68. The summed E-state index contributed by atoms with van der Waals surface area (Å²) < 4.78 is 6.41. The number of hydrazone groups is 1. The maximum atomic E-state index is 12.8. The van der Waals surface area contributed by atoms with E-state index in [1.165, 1.54) is 17.6 Å². The number of nitrogens with zero attached hydrogens (tertiary/aromatic N) is 1. The molecule has 2 amide bonds. The van der Waals surface area contributed by atoms with Crippen molar-refractivity contribution in [3.63, 3.8) is 0 Å². The summed E-state index contributed by atoms with van der Waals surface area (Å²) >= 11 is 13.6. The van der Waals surface area contributed by atoms with Gasteiger partial charge in [-0.1, -0.05) is 59.6 Å². The van der Waals surface area contributed by atoms with Gasteiger partial charge in [0.1, 0.15) is 10.6 Å². The highest BCUT2D eigenvalue weighted by atomic mass is 35.5. The molecule has 7 nitrogen and oxygen atoms in total. The number of nitrogens with one attached hydrogen (secondary N) is 2. The van der Waals surface area contributed by atoms with Gasteiger partial charge in [-0.2, -0.15) is 5.10 Å². The van der Waals surface area contributed by atoms with Gasteiger partial charge in [-0.3, -0.25) is 9.59 Å². The number of carbonyl (C=O) groups is 3. The number of anilines is 1. The van der Waals surface area contributed by atoms with Gasteiger partial charge in [0, 0.05) is 26.4 Å². The minimum Gasteiger partial charge on any atom is -0.422 e. The fraction of sp³-hybridized carbons (Fsp3) is 0.0400. The van der Waals surface area contributed by atoms with Gasteiger partial charge < -0.3 is 10.1 Å². The SMILES string of the molecule is Cc1ccc(NC(=O)C(=O)N/N=C\c2ccccc2OC(=O)c2sc3ccccc3c2Cl)cc1Cl. The third-order valence-corrected chi connectivity index (χ3v) is 6.91. The van der Waals surface area contributed by atoms with E-state index in [-0.39, 0.29) is 10.6 Å². The lowest BCUT2D eigenvalue weighted by Crippen LogP contribution is -2.32. The first-order valence-electron chi connectivity index (χ1n) is 10.2. The molecule has 0 saturated carbocycles. The first-order chi connectivity index (χ1) is 16.8. The summed E-state index contributed by atoms with van der Waals surface area (Å²) in [7, 11) is 0. The van der Waals surface area contributed by atoms with Crippen LogP contribution in [0.2, 0.25) is 10.0 Å². The molecular weight excluding hydrogens is 509 g/mol. The van der Waals surface area contributed by atoms with Gasteiger partial charge in [-0.05, 0) is 42.8 Å². The fourth-order valence-corrected chi connectivity index (χ4v) is 4.61. The van der Waals surface area contributed by atoms with Crippen molar-refractivity contribution in [2.24, 2.45) is 5.10 Å². The van der Waals surface area contributed by atoms with Gasteiger partial charge in [0.25, 0.3) is 0 Å². The molecule has 0 bridgehead atoms. The number of esters is 1. The molecule has 0 atom stereocenters. The fourth-order valence-electron chi connectivity index (χ4n) is 3.04. The van der Waals surface area contributed by atoms with Crippen molar-refractivity contribution in [3.05, 3.63) is 92.8 Å². The molecule has 3 aromatic carbocycles. The highest BCUT2D eigenvalue weighted by molar-refractivity contribution is 7.21. The van der Waals surface area contributed by atoms with E-state index in [1.54, 1.807) is 42.5 Å². The average molecular weight is 526 g/mol. The molecule has 0 spiro atoms. The van der Waals surface area contributed by atoms with Gasteiger partial charge in [0.05, 0.1) is 11.2 Å². The number of carbonyl (C=O) groups excluding carboxylic acids is 3. The van der Waals surface area contributed by atoms with Crippen molar-refractivity contribution in [1.82, 2.24) is 5.43 Å². The number of hydrogen-bond acceptors (Lipinski definition) is 6. The zero-order valence-corrected chi connectivity index (χ0v) is 20.5. The smallest absolute Gasteiger partial charge is 0.355 e. The summed E-state index contributed by atoms with van der Waals surface area (Å²) in [6.07, 6.45) is 1.27. The Kier molecular flexibility index (Phi) is 7.45. The van der Waals surface area contributed by atoms with E-state index < -0.39 is 17.8 Å². The lowest BCUT2D eigenvalue weighted by atomic mass is 10.2. The Morgan fingerprint density at radius 3 is 2.49 bits per heavy atom. The number of rotatable bonds is 5. The van der Waals surface area contributed by atoms with Crippen LogP contribution in [0.5, 0.6) is 5.75 Å². The number of amides is 2. The summed E-state index contributed by atoms with van der Waals surface area (Å²) in [5, 5.41) is 7.81. The van der Waals surface area contributed by atoms with Crippen LogP contribution in [0.1, 0.15) is 20.8 Å². The number of halogens is 2. The monoisotopic (exact) mass is 525 g/mol. The van der Waals surface area contributed by atoms with Crippen LogP contribution in [-0.4, -0.2) is 24.0 Å². The van der Waals surface area contributed by atoms with Crippen molar-refractivity contribution < 1.29 is 19.1 Å². The van der Waals surface area contributed by atoms with Crippen molar-refractivity contribution in [1.29, 1.82) is 0 Å². The normalized spacial score (nSPS) is 10.9. The molecule has 0 aliphatic rings. The molecule has 35 heavy (non-hydrogen) atoms. The van der Waals surface area contributed by atoms with Gasteiger partial charge in [-0.15, -0.1) is 11.3 Å². The van der Waals surface area contributed by atoms with Crippen molar-refractivity contribution in [2.45, 2.75) is 6.92 Å². The minimum absolute atomic E-state index is 0.211. The van der Waals surface area contributed by atoms with Crippen LogP contribution in [0, 0.1) is 6.92 Å². The molecule has 4 rings (SSSR count). The highest BCUT2D eigenvalue weighted by Gasteiger charge is 2.20. The quantitative estimate of drug-likeness (QED) is 0.113. The van der Waals surface area contributed by atoms with Crippen LogP contribution < -0.4 is 15.5 Å². The maximum absolute atomic E-state index is 12.8. The molecular formula is C25H17Cl2N3O4S. The first-order valence-corrected chi connectivity index (χ1v) is 11.8. The van der Waals surface area contributed by atoms with Crippen molar-refractivity contribution in [3.8, 4) is 5.75 Å². The molecule has 1 heterocycles. The first kappa shape index (κ1) is 24.4. The Morgan fingerprint density at radius 2 is 1.71 bits per heavy atom. The second kappa shape index (κ2) is 10.7. The van der Waals surface area contributed by atoms with E-state index in [4.69, 9.17) is 27.9 Å². The largest absolute Gasteiger partial charge is 0.422 e. The number of benzene rings is 3. The lowest BCUT2D eigenvalue weighted by Gasteiger charge is -2.07. The zero-order valence-electron chi connectivity index (χ0n) is 18.2. The number of hydrogen-bond donors (Lipinski definition) is 2. The number of fused-ring (bicyclic) bond motifs is 1. The number of para-hydroxylation sites is 1. The van der Waals surface area contributed by atoms with Gasteiger partial charge in [-0.25, -0.2) is 10.2 Å². The van der Waals surface area contributed by atoms with Gasteiger partial charge >= 0.3 is 17.8 Å². The summed E-state index contributed by atoms with van der Waals surface area (Å²) in [5.41, 5.74) is 3.77. The van der Waals surface area contributed by atoms with Crippen LogP contribution in [0.3, 0.4) is 0 Å². The summed E-state index contributed by atoms with van der Waals surface area (Å²) in [6.45, 7) is 1.82. The average Bonchev–Trinajstić information content (AvgIpc) is 3.19. The summed E-state index contributed by atoms with van der Waals surface area (Å²) in [5.74, 6) is -2.30. The van der Waals surface area contributed by atoms with Crippen LogP contribution in [0.25, 0.3) is 10.1 Å². The maximum Gasteiger partial charge on any atom is 0.355 e. The van der Waals surface area contributed by atoms with E-state index >= 15 is 0 Å². The van der Waals surface area contributed by atoms with Gasteiger partial charge in [0.15, 0.2) is 0 Å². The Balaban J connectivity index is 1.42. The Labute approximate surface area is 214 Å². The third-order valence-electron chi connectivity index (χ3n) is 4.85. The predicted molar refractivity (Wildman–Crippen MR) is 139 cm³/mol. The molecule has 0 aliphatic carbocycles. The van der Waals surface area contributed by atoms with Crippen LogP contribution in [-0.2, 0) is 9.59 Å². The van der Waals surface area contributed by atoms with Gasteiger partial charge in [0.2, 0.25) is 0 Å². The van der Waals surface area contributed by atoms with Crippen LogP contribution >= 0.6 is 34.5 Å². The molecule has 4 aromatic rings. The molecule has 0 saturated heterocycles. The molecule has 0 radical (unpaired) electrons. The molecule has 1 aromatic heterocycles. The lowest BCUT2D eigenvalue weighted by molar-refractivity contribution is -0.136.